The number of carbonyl (C=O) groups excluding carboxylic acids is 1. The summed E-state index contributed by atoms with van der Waals surface area (Å²) in [5, 5.41) is 21.1. The van der Waals surface area contributed by atoms with E-state index in [0.29, 0.717) is 60.2 Å². The van der Waals surface area contributed by atoms with Crippen molar-refractivity contribution in [2.75, 3.05) is 34.5 Å². The van der Waals surface area contributed by atoms with E-state index < -0.39 is 19.7 Å². The fraction of sp³-hybridized carbons (Fsp3) is 0.217. The van der Waals surface area contributed by atoms with E-state index in [1.807, 2.05) is 84.9 Å². The Morgan fingerprint density at radius 1 is 0.569 bits per heavy atom. The number of fused-ring (bicyclic) bond motifs is 2. The molecule has 19 heteroatoms. The number of aldehydes is 1. The van der Waals surface area contributed by atoms with Crippen molar-refractivity contribution in [3.05, 3.63) is 132 Å². The number of sulfone groups is 2. The Hall–Kier alpha value is -7.38. The van der Waals surface area contributed by atoms with Crippen LogP contribution in [0.3, 0.4) is 0 Å². The number of nitrogen functional groups attached to an aromatic ring is 2. The van der Waals surface area contributed by atoms with Gasteiger partial charge < -0.3 is 16.7 Å². The van der Waals surface area contributed by atoms with Gasteiger partial charge in [0.05, 0.1) is 75.5 Å². The van der Waals surface area contributed by atoms with Crippen molar-refractivity contribution in [1.82, 2.24) is 39.2 Å². The number of nitrogens with two attached hydrogens (primary N) is 2. The van der Waals surface area contributed by atoms with E-state index in [0.717, 1.165) is 44.8 Å². The summed E-state index contributed by atoms with van der Waals surface area (Å²) in [4.78, 5) is 30.6. The van der Waals surface area contributed by atoms with Gasteiger partial charge in [-0.25, -0.2) is 26.8 Å². The Bertz CT molecular complexity index is 3280. The van der Waals surface area contributed by atoms with Crippen LogP contribution in [0.1, 0.15) is 64.8 Å². The van der Waals surface area contributed by atoms with Crippen LogP contribution >= 0.6 is 0 Å². The lowest BCUT2D eigenvalue weighted by Gasteiger charge is -2.23. The fourth-order valence-corrected chi connectivity index (χ4v) is 11.4. The van der Waals surface area contributed by atoms with Crippen LogP contribution in [-0.2, 0) is 19.7 Å². The Morgan fingerprint density at radius 3 is 1.37 bits per heavy atom. The topological polar surface area (TPSA) is 256 Å². The van der Waals surface area contributed by atoms with Crippen molar-refractivity contribution in [2.45, 2.75) is 37.5 Å². The SMILES string of the molecule is Nc1c(/C=N/O)c(C2CCS(=O)(=O)CC2)nc2c(-c3ccc(-c4ccccc4)nc3)cnn12.Nc1c(C=O)c(C2CCS(=O)(=O)CC2)nc2c(-c3ccc(-c4ccccc4)nc3)cnn12. The van der Waals surface area contributed by atoms with Gasteiger partial charge in [-0.05, 0) is 37.8 Å². The van der Waals surface area contributed by atoms with Gasteiger partial charge in [0.1, 0.15) is 31.3 Å². The third-order valence-corrected chi connectivity index (χ3v) is 15.4. The Balaban J connectivity index is 0.000000164. The molecule has 65 heavy (non-hydrogen) atoms. The molecule has 5 N–H and O–H groups in total. The van der Waals surface area contributed by atoms with Crippen molar-refractivity contribution in [3.8, 4) is 44.8 Å². The number of aromatic nitrogens is 8. The van der Waals surface area contributed by atoms with Crippen LogP contribution in [0.5, 0.6) is 0 Å². The van der Waals surface area contributed by atoms with Crippen LogP contribution in [0, 0.1) is 0 Å². The summed E-state index contributed by atoms with van der Waals surface area (Å²) in [5.41, 5.74) is 22.5. The molecule has 0 radical (unpaired) electrons. The summed E-state index contributed by atoms with van der Waals surface area (Å²) in [6.07, 6.45) is 10.5. The molecule has 2 fully saturated rings. The molecule has 0 saturated carbocycles. The van der Waals surface area contributed by atoms with Crippen LogP contribution in [0.15, 0.2) is 115 Å². The van der Waals surface area contributed by atoms with Gasteiger partial charge in [-0.15, -0.1) is 0 Å². The molecule has 0 amide bonds. The molecule has 0 unspecified atom stereocenters. The number of anilines is 2. The second-order valence-corrected chi connectivity index (χ2v) is 20.6. The van der Waals surface area contributed by atoms with E-state index in [-0.39, 0.29) is 52.0 Å². The van der Waals surface area contributed by atoms with Crippen molar-refractivity contribution in [2.24, 2.45) is 5.16 Å². The maximum Gasteiger partial charge on any atom is 0.165 e. The first-order chi connectivity index (χ1) is 31.4. The van der Waals surface area contributed by atoms with Gasteiger partial charge in [0.15, 0.2) is 17.6 Å². The van der Waals surface area contributed by atoms with Crippen molar-refractivity contribution < 1.29 is 26.8 Å². The lowest BCUT2D eigenvalue weighted by Crippen LogP contribution is -2.24. The average Bonchev–Trinajstić information content (AvgIpc) is 3.96. The lowest BCUT2D eigenvalue weighted by atomic mass is 9.95. The molecule has 0 spiro atoms. The average molecular weight is 910 g/mol. The zero-order valence-corrected chi connectivity index (χ0v) is 36.5. The van der Waals surface area contributed by atoms with Crippen LogP contribution in [0.4, 0.5) is 11.6 Å². The van der Waals surface area contributed by atoms with Crippen molar-refractivity contribution in [3.63, 3.8) is 0 Å². The normalized spacial score (nSPS) is 16.4. The van der Waals surface area contributed by atoms with Gasteiger partial charge in [0.2, 0.25) is 0 Å². The standard InChI is InChI=1S/C23H22N6O3S.C23H21N5O3S/c24-22-19(14-27-30)21(16-8-10-33(31,32)11-9-16)28-23-18(13-26-29(22)23)17-6-7-20(25-12-17)15-4-2-1-3-5-15;24-22-19(14-29)21(16-8-10-32(30,31)11-9-16)27-23-18(13-26-28(22)23)17-6-7-20(25-12-17)15-4-2-1-3-5-15/h1-7,12-14,16,30H,8-11,24H2;1-7,12-14,16H,8-11,24H2/b27-14+;. The minimum Gasteiger partial charge on any atom is -0.411 e. The highest BCUT2D eigenvalue weighted by atomic mass is 32.2. The largest absolute Gasteiger partial charge is 0.411 e. The molecule has 6 aromatic heterocycles. The minimum absolute atomic E-state index is 0.0831. The molecule has 0 bridgehead atoms. The van der Waals surface area contributed by atoms with Gasteiger partial charge in [-0.3, -0.25) is 14.8 Å². The monoisotopic (exact) mass is 909 g/mol. The first-order valence-corrected chi connectivity index (χ1v) is 24.5. The Labute approximate surface area is 373 Å². The Kier molecular flexibility index (Phi) is 11.6. The number of oxime groups is 1. The number of rotatable bonds is 8. The maximum absolute atomic E-state index is 11.9. The molecule has 2 aliphatic rings. The summed E-state index contributed by atoms with van der Waals surface area (Å²) in [5.74, 6) is 0.575. The molecule has 2 saturated heterocycles. The number of pyridine rings is 2. The number of carbonyl (C=O) groups is 1. The van der Waals surface area contributed by atoms with Crippen LogP contribution in [0.2, 0.25) is 0 Å². The third kappa shape index (κ3) is 8.67. The van der Waals surface area contributed by atoms with Gasteiger partial charge in [0, 0.05) is 57.6 Å². The van der Waals surface area contributed by atoms with E-state index in [4.69, 9.17) is 21.4 Å². The van der Waals surface area contributed by atoms with Gasteiger partial charge >= 0.3 is 0 Å². The van der Waals surface area contributed by atoms with E-state index in [2.05, 4.69) is 25.3 Å². The second-order valence-electron chi connectivity index (χ2n) is 16.0. The highest BCUT2D eigenvalue weighted by molar-refractivity contribution is 7.91. The van der Waals surface area contributed by atoms with E-state index in [9.17, 15) is 26.8 Å². The first-order valence-electron chi connectivity index (χ1n) is 20.8. The van der Waals surface area contributed by atoms with Gasteiger partial charge in [-0.1, -0.05) is 78.0 Å². The Morgan fingerprint density at radius 2 is 0.985 bits per heavy atom. The minimum atomic E-state index is -3.04. The van der Waals surface area contributed by atoms with Crippen LogP contribution < -0.4 is 11.5 Å². The van der Waals surface area contributed by atoms with E-state index in [1.54, 1.807) is 24.8 Å². The highest BCUT2D eigenvalue weighted by Gasteiger charge is 2.31. The summed E-state index contributed by atoms with van der Waals surface area (Å²) < 4.78 is 50.5. The zero-order valence-electron chi connectivity index (χ0n) is 34.8. The predicted molar refractivity (Wildman–Crippen MR) is 248 cm³/mol. The number of nitrogens with zero attached hydrogens (tertiary/aromatic N) is 9. The highest BCUT2D eigenvalue weighted by Crippen LogP contribution is 2.36. The second kappa shape index (κ2) is 17.6. The van der Waals surface area contributed by atoms with Crippen LogP contribution in [-0.4, -0.2) is 96.7 Å². The maximum atomic E-state index is 11.9. The third-order valence-electron chi connectivity index (χ3n) is 12.0. The number of hydrogen-bond donors (Lipinski definition) is 3. The summed E-state index contributed by atoms with van der Waals surface area (Å²) in [6, 6.07) is 27.6. The molecule has 0 aliphatic carbocycles. The zero-order chi connectivity index (χ0) is 45.3. The van der Waals surface area contributed by atoms with Gasteiger partial charge in [-0.2, -0.15) is 19.2 Å². The molecule has 17 nitrogen and oxygen atoms in total. The lowest BCUT2D eigenvalue weighted by molar-refractivity contribution is 0.112. The molecule has 8 aromatic rings. The molecule has 0 atom stereocenters. The van der Waals surface area contributed by atoms with Crippen LogP contribution in [0.25, 0.3) is 56.1 Å². The molecular weight excluding hydrogens is 867 g/mol. The summed E-state index contributed by atoms with van der Waals surface area (Å²) in [7, 11) is -6.07. The van der Waals surface area contributed by atoms with Crippen molar-refractivity contribution in [1.29, 1.82) is 0 Å². The fourth-order valence-electron chi connectivity index (χ4n) is 8.42. The summed E-state index contributed by atoms with van der Waals surface area (Å²) >= 11 is 0. The molecule has 8 heterocycles. The smallest absolute Gasteiger partial charge is 0.165 e. The van der Waals surface area contributed by atoms with Gasteiger partial charge in [0.25, 0.3) is 0 Å². The van der Waals surface area contributed by atoms with Crippen molar-refractivity contribution >= 4 is 55.1 Å². The first kappa shape index (κ1) is 42.9. The van der Waals surface area contributed by atoms with E-state index >= 15 is 0 Å². The molecule has 10 rings (SSSR count). The number of benzene rings is 2. The summed E-state index contributed by atoms with van der Waals surface area (Å²) in [6.45, 7) is 0. The molecule has 2 aliphatic heterocycles. The quantitative estimate of drug-likeness (QED) is 0.0656. The van der Waals surface area contributed by atoms with E-state index in [1.165, 1.54) is 15.2 Å². The predicted octanol–water partition coefficient (Wildman–Crippen LogP) is 6.29. The number of hydrogen-bond acceptors (Lipinski definition) is 15. The molecular formula is C46H43N11O6S2. The molecule has 2 aromatic carbocycles. The molecule has 330 valence electrons.